The van der Waals surface area contributed by atoms with Crippen LogP contribution in [0.1, 0.15) is 26.5 Å². The fourth-order valence-electron chi connectivity index (χ4n) is 2.42. The van der Waals surface area contributed by atoms with Crippen LogP contribution >= 0.6 is 15.9 Å². The molecule has 29 heavy (non-hydrogen) atoms. The second-order valence-electron chi connectivity index (χ2n) is 5.87. The van der Waals surface area contributed by atoms with Crippen LogP contribution in [0.5, 0.6) is 0 Å². The molecule has 146 valence electrons. The number of anilines is 1. The third-order valence-corrected chi connectivity index (χ3v) is 4.19. The molecule has 0 saturated carbocycles. The molecule has 7 nitrogen and oxygen atoms in total. The Morgan fingerprint density at radius 2 is 1.72 bits per heavy atom. The summed E-state index contributed by atoms with van der Waals surface area (Å²) in [5.74, 6) is -2.31. The number of hydrogen-bond donors (Lipinski definition) is 3. The molecule has 0 spiro atoms. The maximum Gasteiger partial charge on any atom is 0.335 e. The number of carboxylic acids is 1. The molecule has 0 fully saturated rings. The summed E-state index contributed by atoms with van der Waals surface area (Å²) in [5.41, 5.74) is 0.969. The lowest BCUT2D eigenvalue weighted by atomic mass is 10.1. The van der Waals surface area contributed by atoms with E-state index in [-0.39, 0.29) is 22.7 Å². The molecular formula is C21H15BrN2O5. The van der Waals surface area contributed by atoms with E-state index in [1.165, 1.54) is 30.3 Å². The van der Waals surface area contributed by atoms with E-state index in [0.29, 0.717) is 10.2 Å². The van der Waals surface area contributed by atoms with Gasteiger partial charge in [0.25, 0.3) is 11.8 Å². The summed E-state index contributed by atoms with van der Waals surface area (Å²) in [6.45, 7) is 0. The van der Waals surface area contributed by atoms with Crippen molar-refractivity contribution in [2.75, 3.05) is 5.32 Å². The molecular weight excluding hydrogens is 440 g/mol. The first-order valence-electron chi connectivity index (χ1n) is 8.40. The molecule has 3 aromatic rings. The number of carbonyl (C=O) groups excluding carboxylic acids is 2. The van der Waals surface area contributed by atoms with E-state index in [9.17, 15) is 14.4 Å². The Morgan fingerprint density at radius 3 is 2.38 bits per heavy atom. The van der Waals surface area contributed by atoms with Crippen molar-refractivity contribution in [1.29, 1.82) is 0 Å². The maximum atomic E-state index is 12.8. The molecule has 3 N–H and O–H groups in total. The van der Waals surface area contributed by atoms with Gasteiger partial charge in [-0.15, -0.1) is 0 Å². The number of amides is 2. The van der Waals surface area contributed by atoms with Crippen LogP contribution in [-0.2, 0) is 4.79 Å². The smallest absolute Gasteiger partial charge is 0.335 e. The molecule has 0 bridgehead atoms. The molecule has 0 saturated heterocycles. The number of halogens is 1. The van der Waals surface area contributed by atoms with E-state index >= 15 is 0 Å². The van der Waals surface area contributed by atoms with E-state index in [4.69, 9.17) is 9.52 Å². The molecule has 0 radical (unpaired) electrons. The van der Waals surface area contributed by atoms with Crippen molar-refractivity contribution in [3.8, 4) is 0 Å². The third kappa shape index (κ3) is 5.43. The standard InChI is InChI=1S/C21H15BrN2O5/c22-18-10-9-17(29-18)20(26)24-16(11-13-5-2-1-3-6-13)19(25)23-15-8-4-7-14(12-15)21(27)28/h1-12H,(H,23,25)(H,24,26)(H,27,28)/b16-11+. The summed E-state index contributed by atoms with van der Waals surface area (Å²) < 4.78 is 5.60. The number of hydrogen-bond acceptors (Lipinski definition) is 4. The number of nitrogens with one attached hydrogen (secondary N) is 2. The highest BCUT2D eigenvalue weighted by molar-refractivity contribution is 9.10. The lowest BCUT2D eigenvalue weighted by Gasteiger charge is -2.11. The largest absolute Gasteiger partial charge is 0.478 e. The normalized spacial score (nSPS) is 11.0. The minimum atomic E-state index is -1.11. The van der Waals surface area contributed by atoms with Crippen LogP contribution in [-0.4, -0.2) is 22.9 Å². The third-order valence-electron chi connectivity index (χ3n) is 3.77. The molecule has 0 aliphatic carbocycles. The molecule has 0 aliphatic heterocycles. The zero-order valence-electron chi connectivity index (χ0n) is 14.9. The quantitative estimate of drug-likeness (QED) is 0.484. The predicted octanol–water partition coefficient (Wildman–Crippen LogP) is 4.15. The number of furan rings is 1. The molecule has 8 heteroatoms. The summed E-state index contributed by atoms with van der Waals surface area (Å²) in [6.07, 6.45) is 1.51. The highest BCUT2D eigenvalue weighted by Crippen LogP contribution is 2.16. The fourth-order valence-corrected chi connectivity index (χ4v) is 2.73. The number of carboxylic acid groups (broad SMARTS) is 1. The Balaban J connectivity index is 1.87. The number of carbonyl (C=O) groups is 3. The summed E-state index contributed by atoms with van der Waals surface area (Å²) in [6, 6.07) is 17.8. The first kappa shape index (κ1) is 20.1. The first-order chi connectivity index (χ1) is 13.9. The number of benzene rings is 2. The van der Waals surface area contributed by atoms with Crippen molar-refractivity contribution >= 4 is 45.5 Å². The number of aromatic carboxylic acids is 1. The zero-order valence-corrected chi connectivity index (χ0v) is 16.5. The SMILES string of the molecule is O=C(Nc1cccc(C(=O)O)c1)/C(=C\c1ccccc1)NC(=O)c1ccc(Br)o1. The van der Waals surface area contributed by atoms with Gasteiger partial charge in [-0.2, -0.15) is 0 Å². The molecule has 1 heterocycles. The van der Waals surface area contributed by atoms with Crippen molar-refractivity contribution in [1.82, 2.24) is 5.32 Å². The molecule has 0 unspecified atom stereocenters. The Hall–Kier alpha value is -3.65. The lowest BCUT2D eigenvalue weighted by molar-refractivity contribution is -0.113. The van der Waals surface area contributed by atoms with Crippen LogP contribution in [0.3, 0.4) is 0 Å². The average molecular weight is 455 g/mol. The first-order valence-corrected chi connectivity index (χ1v) is 9.20. The summed E-state index contributed by atoms with van der Waals surface area (Å²) in [5, 5.41) is 14.2. The van der Waals surface area contributed by atoms with Gasteiger partial charge in [0, 0.05) is 5.69 Å². The van der Waals surface area contributed by atoms with E-state index in [1.807, 2.05) is 6.07 Å². The van der Waals surface area contributed by atoms with Gasteiger partial charge in [0.15, 0.2) is 10.4 Å². The number of rotatable bonds is 6. The lowest BCUT2D eigenvalue weighted by Crippen LogP contribution is -2.30. The molecule has 0 atom stereocenters. The molecule has 2 amide bonds. The predicted molar refractivity (Wildman–Crippen MR) is 110 cm³/mol. The van der Waals surface area contributed by atoms with Gasteiger partial charge < -0.3 is 20.2 Å². The molecule has 1 aromatic heterocycles. The fraction of sp³-hybridized carbons (Fsp3) is 0. The van der Waals surface area contributed by atoms with Gasteiger partial charge in [0.1, 0.15) is 5.70 Å². The van der Waals surface area contributed by atoms with Crippen molar-refractivity contribution in [2.24, 2.45) is 0 Å². The van der Waals surface area contributed by atoms with Crippen LogP contribution in [0.2, 0.25) is 0 Å². The summed E-state index contributed by atoms with van der Waals surface area (Å²) in [4.78, 5) is 36.3. The van der Waals surface area contributed by atoms with Gasteiger partial charge in [-0.05, 0) is 57.9 Å². The van der Waals surface area contributed by atoms with E-state index < -0.39 is 17.8 Å². The monoisotopic (exact) mass is 454 g/mol. The molecule has 3 rings (SSSR count). The van der Waals surface area contributed by atoms with E-state index in [1.54, 1.807) is 36.4 Å². The Kier molecular flexibility index (Phi) is 6.25. The van der Waals surface area contributed by atoms with Gasteiger partial charge >= 0.3 is 5.97 Å². The van der Waals surface area contributed by atoms with Crippen LogP contribution in [0.15, 0.2) is 81.5 Å². The minimum Gasteiger partial charge on any atom is -0.478 e. The van der Waals surface area contributed by atoms with Crippen LogP contribution < -0.4 is 10.6 Å². The molecule has 2 aromatic carbocycles. The van der Waals surface area contributed by atoms with Gasteiger partial charge in [0.05, 0.1) is 5.56 Å². The Morgan fingerprint density at radius 1 is 0.966 bits per heavy atom. The van der Waals surface area contributed by atoms with Gasteiger partial charge in [-0.1, -0.05) is 36.4 Å². The Labute approximate surface area is 174 Å². The second kappa shape index (κ2) is 9.03. The molecule has 0 aliphatic rings. The van der Waals surface area contributed by atoms with Crippen molar-refractivity contribution < 1.29 is 23.9 Å². The highest BCUT2D eigenvalue weighted by atomic mass is 79.9. The zero-order chi connectivity index (χ0) is 20.8. The van der Waals surface area contributed by atoms with Crippen LogP contribution in [0, 0.1) is 0 Å². The maximum absolute atomic E-state index is 12.8. The minimum absolute atomic E-state index is 0.0245. The van der Waals surface area contributed by atoms with E-state index in [2.05, 4.69) is 26.6 Å². The summed E-state index contributed by atoms with van der Waals surface area (Å²) >= 11 is 3.12. The van der Waals surface area contributed by atoms with Crippen molar-refractivity contribution in [2.45, 2.75) is 0 Å². The van der Waals surface area contributed by atoms with Gasteiger partial charge in [0.2, 0.25) is 0 Å². The second-order valence-corrected chi connectivity index (χ2v) is 6.65. The van der Waals surface area contributed by atoms with E-state index in [0.717, 1.165) is 0 Å². The average Bonchev–Trinajstić information content (AvgIpc) is 3.15. The Bertz CT molecular complexity index is 1090. The van der Waals surface area contributed by atoms with Crippen molar-refractivity contribution in [3.05, 3.63) is 94.0 Å². The van der Waals surface area contributed by atoms with Crippen molar-refractivity contribution in [3.63, 3.8) is 0 Å². The van der Waals surface area contributed by atoms with Crippen LogP contribution in [0.4, 0.5) is 5.69 Å². The van der Waals surface area contributed by atoms with Crippen LogP contribution in [0.25, 0.3) is 6.08 Å². The van der Waals surface area contributed by atoms with Gasteiger partial charge in [-0.3, -0.25) is 9.59 Å². The highest BCUT2D eigenvalue weighted by Gasteiger charge is 2.18. The summed E-state index contributed by atoms with van der Waals surface area (Å²) in [7, 11) is 0. The van der Waals surface area contributed by atoms with Gasteiger partial charge in [-0.25, -0.2) is 4.79 Å². The topological polar surface area (TPSA) is 109 Å².